The van der Waals surface area contributed by atoms with Crippen molar-refractivity contribution in [3.05, 3.63) is 82.3 Å². The topological polar surface area (TPSA) is 59.0 Å². The molecule has 2 aromatic carbocycles. The molecule has 0 fully saturated rings. The van der Waals surface area contributed by atoms with Gasteiger partial charge in [-0.3, -0.25) is 4.79 Å². The smallest absolute Gasteiger partial charge is 0.363 e. The maximum absolute atomic E-state index is 13.9. The Morgan fingerprint density at radius 1 is 1.18 bits per heavy atom. The zero-order valence-electron chi connectivity index (χ0n) is 18.2. The summed E-state index contributed by atoms with van der Waals surface area (Å²) in [5, 5.41) is 9.59. The van der Waals surface area contributed by atoms with Crippen LogP contribution in [0.3, 0.4) is 0 Å². The van der Waals surface area contributed by atoms with Crippen molar-refractivity contribution in [2.45, 2.75) is 51.5 Å². The minimum Gasteiger partial charge on any atom is -0.363 e. The number of fused-ring (bicyclic) bond motifs is 1. The first-order chi connectivity index (χ1) is 15.7. The van der Waals surface area contributed by atoms with Crippen molar-refractivity contribution in [1.82, 2.24) is 15.1 Å². The summed E-state index contributed by atoms with van der Waals surface area (Å²) in [5.41, 5.74) is 2.82. The van der Waals surface area contributed by atoms with Gasteiger partial charge in [0.1, 0.15) is 17.2 Å². The van der Waals surface area contributed by atoms with Gasteiger partial charge in [0.15, 0.2) is 6.04 Å². The van der Waals surface area contributed by atoms with E-state index >= 15 is 0 Å². The average Bonchev–Trinajstić information content (AvgIpc) is 3.22. The number of carbonyl (C=O) groups is 1. The van der Waals surface area contributed by atoms with Crippen LogP contribution in [0.1, 0.15) is 58.0 Å². The Bertz CT molecular complexity index is 1150. The Hall–Kier alpha value is -3.36. The third-order valence-corrected chi connectivity index (χ3v) is 5.96. The number of nitrogens with zero attached hydrogens (tertiary/aromatic N) is 2. The number of alkyl halides is 3. The number of aromatic nitrogens is 2. The van der Waals surface area contributed by atoms with Crippen molar-refractivity contribution < 1.29 is 22.4 Å². The fraction of sp³-hybridized carbons (Fsp3) is 0.333. The van der Waals surface area contributed by atoms with Crippen LogP contribution < -0.4 is 10.6 Å². The summed E-state index contributed by atoms with van der Waals surface area (Å²) in [6.07, 6.45) is -2.81. The molecule has 2 N–H and O–H groups in total. The molecule has 0 radical (unpaired) electrons. The van der Waals surface area contributed by atoms with E-state index in [0.29, 0.717) is 16.7 Å². The Labute approximate surface area is 188 Å². The maximum atomic E-state index is 13.9. The number of nitrogens with one attached hydrogen (secondary N) is 2. The lowest BCUT2D eigenvalue weighted by atomic mass is 9.95. The first-order valence-corrected chi connectivity index (χ1v) is 10.7. The van der Waals surface area contributed by atoms with E-state index in [1.165, 1.54) is 6.07 Å². The number of carbonyl (C=O) groups excluding carboxylic acids is 1. The molecule has 0 saturated carbocycles. The third-order valence-electron chi connectivity index (χ3n) is 5.96. The largest absolute Gasteiger partial charge is 0.410 e. The monoisotopic (exact) mass is 460 g/mol. The molecule has 0 spiro atoms. The van der Waals surface area contributed by atoms with Gasteiger partial charge in [-0.15, -0.1) is 0 Å². The molecule has 0 aliphatic carbocycles. The van der Waals surface area contributed by atoms with Crippen LogP contribution in [0, 0.1) is 12.7 Å². The van der Waals surface area contributed by atoms with E-state index in [2.05, 4.69) is 15.7 Å². The maximum Gasteiger partial charge on any atom is 0.410 e. The summed E-state index contributed by atoms with van der Waals surface area (Å²) in [6, 6.07) is 9.49. The van der Waals surface area contributed by atoms with Crippen molar-refractivity contribution >= 4 is 11.7 Å². The molecule has 33 heavy (non-hydrogen) atoms. The van der Waals surface area contributed by atoms with Gasteiger partial charge in [0, 0.05) is 13.0 Å². The van der Waals surface area contributed by atoms with Crippen LogP contribution >= 0.6 is 0 Å². The Kier molecular flexibility index (Phi) is 6.14. The third kappa shape index (κ3) is 4.72. The molecule has 4 rings (SSSR count). The highest BCUT2D eigenvalue weighted by Crippen LogP contribution is 2.44. The molecule has 1 aromatic heterocycles. The standard InChI is InChI=1S/C24H24F4N4O/c1-3-15-6-8-17(9-7-15)20-11-21(24(26,27)28)32-22(31-20)18(13-30-32)23(33)29-12-16-5-4-14(2)19(25)10-16/h4-10,13,20-21,31H,3,11-12H2,1-2H3,(H,29,33). The van der Waals surface area contributed by atoms with Gasteiger partial charge in [-0.05, 0) is 41.7 Å². The minimum absolute atomic E-state index is 0.00621. The van der Waals surface area contributed by atoms with Gasteiger partial charge >= 0.3 is 6.18 Å². The van der Waals surface area contributed by atoms with E-state index in [1.54, 1.807) is 19.1 Å². The van der Waals surface area contributed by atoms with Gasteiger partial charge in [0.25, 0.3) is 5.91 Å². The summed E-state index contributed by atoms with van der Waals surface area (Å²) in [6.45, 7) is 3.67. The van der Waals surface area contributed by atoms with Crippen LogP contribution in [0.25, 0.3) is 0 Å². The van der Waals surface area contributed by atoms with Crippen LogP contribution in [0.15, 0.2) is 48.7 Å². The number of hydrogen-bond donors (Lipinski definition) is 2. The Morgan fingerprint density at radius 3 is 2.52 bits per heavy atom. The second-order valence-corrected chi connectivity index (χ2v) is 8.20. The van der Waals surface area contributed by atoms with Gasteiger partial charge < -0.3 is 10.6 Å². The van der Waals surface area contributed by atoms with Gasteiger partial charge in [-0.25, -0.2) is 9.07 Å². The number of aryl methyl sites for hydroxylation is 2. The number of hydrogen-bond acceptors (Lipinski definition) is 3. The van der Waals surface area contributed by atoms with Crippen molar-refractivity contribution in [3.63, 3.8) is 0 Å². The molecular weight excluding hydrogens is 436 g/mol. The number of amides is 1. The van der Waals surface area contributed by atoms with E-state index < -0.39 is 30.0 Å². The highest BCUT2D eigenvalue weighted by molar-refractivity contribution is 5.98. The summed E-state index contributed by atoms with van der Waals surface area (Å²) in [5.74, 6) is -0.968. The molecule has 174 valence electrons. The lowest BCUT2D eigenvalue weighted by molar-refractivity contribution is -0.173. The highest BCUT2D eigenvalue weighted by atomic mass is 19.4. The first-order valence-electron chi connectivity index (χ1n) is 10.7. The molecule has 1 aliphatic rings. The van der Waals surface area contributed by atoms with Crippen molar-refractivity contribution in [1.29, 1.82) is 0 Å². The molecule has 0 saturated heterocycles. The van der Waals surface area contributed by atoms with Crippen LogP contribution in [-0.4, -0.2) is 21.9 Å². The molecule has 5 nitrogen and oxygen atoms in total. The number of rotatable bonds is 5. The van der Waals surface area contributed by atoms with E-state index in [-0.39, 0.29) is 24.3 Å². The molecule has 1 aliphatic heterocycles. The molecule has 2 heterocycles. The lowest BCUT2D eigenvalue weighted by Gasteiger charge is -2.34. The molecule has 3 aromatic rings. The quantitative estimate of drug-likeness (QED) is 0.496. The summed E-state index contributed by atoms with van der Waals surface area (Å²) < 4.78 is 56.2. The zero-order chi connectivity index (χ0) is 23.8. The van der Waals surface area contributed by atoms with E-state index in [1.807, 2.05) is 31.2 Å². The lowest BCUT2D eigenvalue weighted by Crippen LogP contribution is -2.36. The molecule has 9 heteroatoms. The fourth-order valence-electron chi connectivity index (χ4n) is 3.96. The molecule has 2 atom stereocenters. The zero-order valence-corrected chi connectivity index (χ0v) is 18.2. The van der Waals surface area contributed by atoms with Crippen LogP contribution in [0.2, 0.25) is 0 Å². The van der Waals surface area contributed by atoms with Crippen LogP contribution in [0.4, 0.5) is 23.4 Å². The van der Waals surface area contributed by atoms with E-state index in [9.17, 15) is 22.4 Å². The Morgan fingerprint density at radius 2 is 1.88 bits per heavy atom. The van der Waals surface area contributed by atoms with Crippen molar-refractivity contribution in [2.75, 3.05) is 5.32 Å². The van der Waals surface area contributed by atoms with Gasteiger partial charge in [0.2, 0.25) is 0 Å². The van der Waals surface area contributed by atoms with Gasteiger partial charge in [-0.1, -0.05) is 43.3 Å². The molecule has 2 unspecified atom stereocenters. The summed E-state index contributed by atoms with van der Waals surface area (Å²) in [7, 11) is 0. The second kappa shape index (κ2) is 8.88. The average molecular weight is 460 g/mol. The molecule has 1 amide bonds. The Balaban J connectivity index is 1.60. The van der Waals surface area contributed by atoms with Crippen LogP contribution in [0.5, 0.6) is 0 Å². The van der Waals surface area contributed by atoms with Crippen molar-refractivity contribution in [3.8, 4) is 0 Å². The van der Waals surface area contributed by atoms with E-state index in [4.69, 9.17) is 0 Å². The predicted molar refractivity (Wildman–Crippen MR) is 116 cm³/mol. The highest BCUT2D eigenvalue weighted by Gasteiger charge is 2.47. The fourth-order valence-corrected chi connectivity index (χ4v) is 3.96. The number of benzene rings is 2. The van der Waals surface area contributed by atoms with Gasteiger partial charge in [0.05, 0.1) is 12.2 Å². The normalized spacial score (nSPS) is 17.9. The first kappa shape index (κ1) is 22.8. The summed E-state index contributed by atoms with van der Waals surface area (Å²) in [4.78, 5) is 12.8. The molecule has 0 bridgehead atoms. The van der Waals surface area contributed by atoms with Crippen LogP contribution in [-0.2, 0) is 13.0 Å². The van der Waals surface area contributed by atoms with Crippen molar-refractivity contribution in [2.24, 2.45) is 0 Å². The molecular formula is C24H24F4N4O. The number of anilines is 1. The minimum atomic E-state index is -4.53. The number of halogens is 4. The van der Waals surface area contributed by atoms with Gasteiger partial charge in [-0.2, -0.15) is 18.3 Å². The predicted octanol–water partition coefficient (Wildman–Crippen LogP) is 5.48. The second-order valence-electron chi connectivity index (χ2n) is 8.20. The summed E-state index contributed by atoms with van der Waals surface area (Å²) >= 11 is 0. The SMILES string of the molecule is CCc1ccc(C2CC(C(F)(F)F)n3ncc(C(=O)NCc4ccc(C)c(F)c4)c3N2)cc1. The van der Waals surface area contributed by atoms with E-state index in [0.717, 1.165) is 22.9 Å².